The first-order chi connectivity index (χ1) is 10.8. The number of unbranched alkanes of at least 4 members (excludes halogenated alkanes) is 7. The molecule has 0 spiro atoms. The lowest BCUT2D eigenvalue weighted by Crippen LogP contribution is -2.60. The van der Waals surface area contributed by atoms with Crippen molar-refractivity contribution < 1.29 is 4.48 Å². The number of quaternary nitrogens is 1. The van der Waals surface area contributed by atoms with Crippen molar-refractivity contribution in [1.82, 2.24) is 4.90 Å². The van der Waals surface area contributed by atoms with E-state index in [0.717, 1.165) is 0 Å². The topological polar surface area (TPSA) is 3.24 Å². The molecule has 0 N–H and O–H groups in total. The molecule has 1 rings (SSSR count). The lowest BCUT2D eigenvalue weighted by molar-refractivity contribution is -0.932. The zero-order chi connectivity index (χ0) is 16.1. The molecule has 0 saturated carbocycles. The highest BCUT2D eigenvalue weighted by Crippen LogP contribution is 2.18. The van der Waals surface area contributed by atoms with Gasteiger partial charge in [0.1, 0.15) is 0 Å². The molecule has 2 heteroatoms. The van der Waals surface area contributed by atoms with Crippen LogP contribution in [0.15, 0.2) is 0 Å². The molecular formula is C20H43N2+. The smallest absolute Gasteiger partial charge is 0.0916 e. The van der Waals surface area contributed by atoms with Crippen molar-refractivity contribution in [3.63, 3.8) is 0 Å². The van der Waals surface area contributed by atoms with Gasteiger partial charge in [-0.05, 0) is 32.2 Å². The minimum atomic E-state index is 1.33. The highest BCUT2D eigenvalue weighted by atomic mass is 15.4. The first-order valence-electron chi connectivity index (χ1n) is 10.3. The molecular weight excluding hydrogens is 268 g/mol. The molecule has 2 nitrogen and oxygen atoms in total. The predicted octanol–water partition coefficient (Wildman–Crippen LogP) is 5.08. The van der Waals surface area contributed by atoms with Crippen LogP contribution in [-0.2, 0) is 0 Å². The van der Waals surface area contributed by atoms with Crippen molar-refractivity contribution in [2.75, 3.05) is 45.8 Å². The minimum absolute atomic E-state index is 1.33. The van der Waals surface area contributed by atoms with Crippen LogP contribution in [0.2, 0.25) is 0 Å². The summed E-state index contributed by atoms with van der Waals surface area (Å²) >= 11 is 0. The summed E-state index contributed by atoms with van der Waals surface area (Å²) in [5.74, 6) is 0. The van der Waals surface area contributed by atoms with Crippen molar-refractivity contribution in [1.29, 1.82) is 0 Å². The lowest BCUT2D eigenvalue weighted by atomic mass is 10.1. The van der Waals surface area contributed by atoms with E-state index in [1.165, 1.54) is 115 Å². The number of piperazine rings is 1. The van der Waals surface area contributed by atoms with Crippen LogP contribution in [0.25, 0.3) is 0 Å². The van der Waals surface area contributed by atoms with Gasteiger partial charge in [-0.25, -0.2) is 0 Å². The average Bonchev–Trinajstić information content (AvgIpc) is 2.56. The average molecular weight is 312 g/mol. The summed E-state index contributed by atoms with van der Waals surface area (Å²) in [7, 11) is 0. The van der Waals surface area contributed by atoms with E-state index in [2.05, 4.69) is 25.7 Å². The van der Waals surface area contributed by atoms with Crippen molar-refractivity contribution >= 4 is 0 Å². The standard InChI is InChI=1S/C20H43N2/c1-4-7-10-11-12-13-18-22(17-9-6-3)19-15-21(16-20-22)14-8-5-2/h4-20H2,1-3H3/q+1. The Balaban J connectivity index is 2.30. The molecule has 0 aromatic rings. The molecule has 0 aliphatic carbocycles. The largest absolute Gasteiger partial charge is 0.321 e. The molecule has 0 aromatic carbocycles. The summed E-state index contributed by atoms with van der Waals surface area (Å²) < 4.78 is 1.43. The van der Waals surface area contributed by atoms with Crippen LogP contribution in [0.5, 0.6) is 0 Å². The summed E-state index contributed by atoms with van der Waals surface area (Å²) in [5.41, 5.74) is 0. The summed E-state index contributed by atoms with van der Waals surface area (Å²) in [5, 5.41) is 0. The second-order valence-corrected chi connectivity index (χ2v) is 7.55. The van der Waals surface area contributed by atoms with E-state index in [4.69, 9.17) is 0 Å². The van der Waals surface area contributed by atoms with E-state index in [9.17, 15) is 0 Å². The van der Waals surface area contributed by atoms with Gasteiger partial charge < -0.3 is 4.48 Å². The Morgan fingerprint density at radius 2 is 1.18 bits per heavy atom. The SMILES string of the molecule is CCCCCCCC[N+]1(CCCC)CCN(CCCC)CC1. The Morgan fingerprint density at radius 3 is 1.82 bits per heavy atom. The Morgan fingerprint density at radius 1 is 0.636 bits per heavy atom. The van der Waals surface area contributed by atoms with Crippen molar-refractivity contribution in [2.24, 2.45) is 0 Å². The molecule has 1 aliphatic rings. The van der Waals surface area contributed by atoms with Crippen LogP contribution < -0.4 is 0 Å². The van der Waals surface area contributed by atoms with Crippen molar-refractivity contribution in [2.45, 2.75) is 85.0 Å². The summed E-state index contributed by atoms with van der Waals surface area (Å²) in [6, 6.07) is 0. The molecule has 0 radical (unpaired) electrons. The molecule has 0 atom stereocenters. The second-order valence-electron chi connectivity index (χ2n) is 7.55. The van der Waals surface area contributed by atoms with E-state index in [1.54, 1.807) is 0 Å². The van der Waals surface area contributed by atoms with Crippen LogP contribution in [0.1, 0.15) is 85.0 Å². The molecule has 0 aromatic heterocycles. The number of rotatable bonds is 13. The molecule has 132 valence electrons. The monoisotopic (exact) mass is 311 g/mol. The fourth-order valence-electron chi connectivity index (χ4n) is 3.82. The van der Waals surface area contributed by atoms with Gasteiger partial charge in [-0.2, -0.15) is 0 Å². The highest BCUT2D eigenvalue weighted by molar-refractivity contribution is 4.65. The van der Waals surface area contributed by atoms with Gasteiger partial charge in [0.25, 0.3) is 0 Å². The molecule has 0 amide bonds. The first kappa shape index (κ1) is 20.0. The van der Waals surface area contributed by atoms with Crippen molar-refractivity contribution in [3.05, 3.63) is 0 Å². The Hall–Kier alpha value is -0.0800. The number of nitrogens with zero attached hydrogens (tertiary/aromatic N) is 2. The fourth-order valence-corrected chi connectivity index (χ4v) is 3.82. The van der Waals surface area contributed by atoms with Gasteiger partial charge in [-0.1, -0.05) is 59.3 Å². The van der Waals surface area contributed by atoms with E-state index >= 15 is 0 Å². The summed E-state index contributed by atoms with van der Waals surface area (Å²) in [6.07, 6.45) is 14.1. The number of hydrogen-bond donors (Lipinski definition) is 0. The van der Waals surface area contributed by atoms with Crippen molar-refractivity contribution in [3.8, 4) is 0 Å². The molecule has 1 fully saturated rings. The summed E-state index contributed by atoms with van der Waals surface area (Å²) in [4.78, 5) is 2.72. The van der Waals surface area contributed by atoms with Gasteiger partial charge in [0.2, 0.25) is 0 Å². The van der Waals surface area contributed by atoms with E-state index in [0.29, 0.717) is 0 Å². The normalized spacial score (nSPS) is 18.7. The zero-order valence-corrected chi connectivity index (χ0v) is 15.9. The van der Waals surface area contributed by atoms with E-state index in [-0.39, 0.29) is 0 Å². The zero-order valence-electron chi connectivity index (χ0n) is 15.9. The molecule has 0 unspecified atom stereocenters. The van der Waals surface area contributed by atoms with Crippen LogP contribution in [0, 0.1) is 0 Å². The third-order valence-corrected chi connectivity index (χ3v) is 5.58. The van der Waals surface area contributed by atoms with E-state index in [1.807, 2.05) is 0 Å². The van der Waals surface area contributed by atoms with Gasteiger partial charge >= 0.3 is 0 Å². The van der Waals surface area contributed by atoms with Crippen LogP contribution in [0.4, 0.5) is 0 Å². The maximum absolute atomic E-state index is 2.72. The lowest BCUT2D eigenvalue weighted by Gasteiger charge is -2.45. The first-order valence-corrected chi connectivity index (χ1v) is 10.3. The molecule has 22 heavy (non-hydrogen) atoms. The number of hydrogen-bond acceptors (Lipinski definition) is 1. The summed E-state index contributed by atoms with van der Waals surface area (Å²) in [6.45, 7) is 16.7. The molecule has 1 saturated heterocycles. The predicted molar refractivity (Wildman–Crippen MR) is 99.4 cm³/mol. The Kier molecular flexibility index (Phi) is 11.2. The van der Waals surface area contributed by atoms with Gasteiger partial charge in [0.05, 0.1) is 26.2 Å². The molecule has 1 aliphatic heterocycles. The third-order valence-electron chi connectivity index (χ3n) is 5.58. The van der Waals surface area contributed by atoms with Gasteiger partial charge in [0.15, 0.2) is 0 Å². The maximum Gasteiger partial charge on any atom is 0.0916 e. The highest BCUT2D eigenvalue weighted by Gasteiger charge is 2.31. The third kappa shape index (κ3) is 7.97. The van der Waals surface area contributed by atoms with Gasteiger partial charge in [-0.15, -0.1) is 0 Å². The Labute approximate surface area is 140 Å². The fraction of sp³-hybridized carbons (Fsp3) is 1.00. The minimum Gasteiger partial charge on any atom is -0.321 e. The van der Waals surface area contributed by atoms with Crippen LogP contribution in [-0.4, -0.2) is 55.2 Å². The van der Waals surface area contributed by atoms with Gasteiger partial charge in [-0.3, -0.25) is 4.90 Å². The van der Waals surface area contributed by atoms with Crippen LogP contribution in [0.3, 0.4) is 0 Å². The quantitative estimate of drug-likeness (QED) is 0.339. The molecule has 0 bridgehead atoms. The maximum atomic E-state index is 2.72. The Bertz CT molecular complexity index is 244. The van der Waals surface area contributed by atoms with Gasteiger partial charge in [0, 0.05) is 13.1 Å². The molecule has 1 heterocycles. The van der Waals surface area contributed by atoms with E-state index < -0.39 is 0 Å². The van der Waals surface area contributed by atoms with Crippen LogP contribution >= 0.6 is 0 Å². The second kappa shape index (κ2) is 12.4.